The van der Waals surface area contributed by atoms with Gasteiger partial charge in [0, 0.05) is 6.04 Å². The molecule has 0 atom stereocenters. The number of ether oxygens (including phenoxy) is 1. The van der Waals surface area contributed by atoms with Crippen molar-refractivity contribution in [3.8, 4) is 5.75 Å². The first-order valence-electron chi connectivity index (χ1n) is 7.20. The Morgan fingerprint density at radius 3 is 2.70 bits per heavy atom. The molecular formula is C17H23NO2. The predicted molar refractivity (Wildman–Crippen MR) is 80.8 cm³/mol. The van der Waals surface area contributed by atoms with Crippen molar-refractivity contribution in [2.45, 2.75) is 46.4 Å². The zero-order chi connectivity index (χ0) is 14.4. The number of aryl methyl sites for hydroxylation is 1. The van der Waals surface area contributed by atoms with E-state index >= 15 is 0 Å². The van der Waals surface area contributed by atoms with Gasteiger partial charge in [0.15, 0.2) is 0 Å². The van der Waals surface area contributed by atoms with Crippen LogP contribution in [0.5, 0.6) is 5.75 Å². The van der Waals surface area contributed by atoms with Gasteiger partial charge in [0.2, 0.25) is 0 Å². The summed E-state index contributed by atoms with van der Waals surface area (Å²) in [5.41, 5.74) is 1.28. The van der Waals surface area contributed by atoms with Crippen molar-refractivity contribution in [3.63, 3.8) is 0 Å². The molecule has 1 aromatic heterocycles. The van der Waals surface area contributed by atoms with Crippen LogP contribution in [0.3, 0.4) is 0 Å². The van der Waals surface area contributed by atoms with Gasteiger partial charge in [-0.2, -0.15) is 0 Å². The highest BCUT2D eigenvalue weighted by Gasteiger charge is 2.04. The fourth-order valence-electron chi connectivity index (χ4n) is 1.91. The van der Waals surface area contributed by atoms with Crippen LogP contribution in [0.15, 0.2) is 40.8 Å². The van der Waals surface area contributed by atoms with Crippen LogP contribution in [0.1, 0.15) is 37.9 Å². The average molecular weight is 273 g/mol. The topological polar surface area (TPSA) is 34.4 Å². The van der Waals surface area contributed by atoms with Crippen LogP contribution in [0.4, 0.5) is 0 Å². The van der Waals surface area contributed by atoms with E-state index in [4.69, 9.17) is 9.15 Å². The van der Waals surface area contributed by atoms with Crippen LogP contribution in [-0.2, 0) is 19.6 Å². The summed E-state index contributed by atoms with van der Waals surface area (Å²) in [6.07, 6.45) is 1.02. The van der Waals surface area contributed by atoms with Crippen LogP contribution >= 0.6 is 0 Å². The SMILES string of the molecule is CCc1cccc(OCc2ccc(CNC(C)C)o2)c1. The van der Waals surface area contributed by atoms with Crippen molar-refractivity contribution in [1.29, 1.82) is 0 Å². The third kappa shape index (κ3) is 4.42. The van der Waals surface area contributed by atoms with Crippen molar-refractivity contribution in [1.82, 2.24) is 5.32 Å². The minimum absolute atomic E-state index is 0.455. The standard InChI is InChI=1S/C17H23NO2/c1-4-14-6-5-7-15(10-14)19-12-17-9-8-16(20-17)11-18-13(2)3/h5-10,13,18H,4,11-12H2,1-3H3. The van der Waals surface area contributed by atoms with Gasteiger partial charge < -0.3 is 14.5 Å². The van der Waals surface area contributed by atoms with E-state index in [9.17, 15) is 0 Å². The summed E-state index contributed by atoms with van der Waals surface area (Å²) in [5, 5.41) is 3.33. The van der Waals surface area contributed by atoms with Gasteiger partial charge in [-0.3, -0.25) is 0 Å². The van der Waals surface area contributed by atoms with Gasteiger partial charge in [-0.25, -0.2) is 0 Å². The quantitative estimate of drug-likeness (QED) is 0.830. The summed E-state index contributed by atoms with van der Waals surface area (Å²) in [4.78, 5) is 0. The molecule has 0 radical (unpaired) electrons. The lowest BCUT2D eigenvalue weighted by molar-refractivity contribution is 0.264. The lowest BCUT2D eigenvalue weighted by atomic mass is 10.2. The molecule has 0 fully saturated rings. The Kier molecular flexibility index (Phi) is 5.24. The zero-order valence-electron chi connectivity index (χ0n) is 12.5. The molecule has 0 unspecified atom stereocenters. The van der Waals surface area contributed by atoms with Crippen molar-refractivity contribution < 1.29 is 9.15 Å². The van der Waals surface area contributed by atoms with Gasteiger partial charge >= 0.3 is 0 Å². The van der Waals surface area contributed by atoms with Crippen LogP contribution in [0.25, 0.3) is 0 Å². The van der Waals surface area contributed by atoms with E-state index in [1.54, 1.807) is 0 Å². The number of rotatable bonds is 7. The molecule has 2 aromatic rings. The maximum Gasteiger partial charge on any atom is 0.146 e. The molecule has 3 nitrogen and oxygen atoms in total. The molecule has 1 N–H and O–H groups in total. The van der Waals surface area contributed by atoms with Gasteiger partial charge in [-0.05, 0) is 36.2 Å². The average Bonchev–Trinajstić information content (AvgIpc) is 2.91. The Bertz CT molecular complexity index is 531. The fourth-order valence-corrected chi connectivity index (χ4v) is 1.91. The first-order valence-corrected chi connectivity index (χ1v) is 7.20. The summed E-state index contributed by atoms with van der Waals surface area (Å²) >= 11 is 0. The summed E-state index contributed by atoms with van der Waals surface area (Å²) in [5.74, 6) is 2.69. The largest absolute Gasteiger partial charge is 0.486 e. The Hall–Kier alpha value is -1.74. The minimum atomic E-state index is 0.455. The van der Waals surface area contributed by atoms with E-state index in [1.807, 2.05) is 24.3 Å². The number of benzene rings is 1. The van der Waals surface area contributed by atoms with Crippen LogP contribution in [-0.4, -0.2) is 6.04 Å². The number of nitrogens with one attached hydrogen (secondary N) is 1. The molecule has 0 saturated heterocycles. The van der Waals surface area contributed by atoms with Gasteiger partial charge in [0.1, 0.15) is 23.9 Å². The highest BCUT2D eigenvalue weighted by atomic mass is 16.5. The second-order valence-electron chi connectivity index (χ2n) is 5.19. The first kappa shape index (κ1) is 14.7. The smallest absolute Gasteiger partial charge is 0.146 e. The lowest BCUT2D eigenvalue weighted by Gasteiger charge is -2.06. The van der Waals surface area contributed by atoms with E-state index in [-0.39, 0.29) is 0 Å². The fraction of sp³-hybridized carbons (Fsp3) is 0.412. The first-order chi connectivity index (χ1) is 9.67. The Labute approximate surface area is 121 Å². The van der Waals surface area contributed by atoms with Gasteiger partial charge in [-0.1, -0.05) is 32.9 Å². The van der Waals surface area contributed by atoms with Crippen molar-refractivity contribution in [3.05, 3.63) is 53.5 Å². The maximum atomic E-state index is 5.76. The molecule has 0 aliphatic heterocycles. The predicted octanol–water partition coefficient (Wildman–Crippen LogP) is 3.92. The highest BCUT2D eigenvalue weighted by molar-refractivity contribution is 5.28. The van der Waals surface area contributed by atoms with Crippen LogP contribution < -0.4 is 10.1 Å². The summed E-state index contributed by atoms with van der Waals surface area (Å²) in [7, 11) is 0. The van der Waals surface area contributed by atoms with Crippen molar-refractivity contribution >= 4 is 0 Å². The van der Waals surface area contributed by atoms with E-state index in [0.717, 1.165) is 30.2 Å². The zero-order valence-corrected chi connectivity index (χ0v) is 12.5. The molecule has 1 heterocycles. The van der Waals surface area contributed by atoms with E-state index in [0.29, 0.717) is 12.6 Å². The molecule has 1 aromatic carbocycles. The number of hydrogen-bond donors (Lipinski definition) is 1. The van der Waals surface area contributed by atoms with E-state index < -0.39 is 0 Å². The Morgan fingerprint density at radius 1 is 1.15 bits per heavy atom. The summed E-state index contributed by atoms with van der Waals surface area (Å²) in [6.45, 7) is 7.60. The molecule has 108 valence electrons. The minimum Gasteiger partial charge on any atom is -0.486 e. The van der Waals surface area contributed by atoms with Crippen molar-refractivity contribution in [2.24, 2.45) is 0 Å². The molecule has 0 bridgehead atoms. The second-order valence-corrected chi connectivity index (χ2v) is 5.19. The van der Waals surface area contributed by atoms with Crippen LogP contribution in [0, 0.1) is 0 Å². The van der Waals surface area contributed by atoms with Crippen LogP contribution in [0.2, 0.25) is 0 Å². The third-order valence-corrected chi connectivity index (χ3v) is 3.09. The Balaban J connectivity index is 1.87. The molecular weight excluding hydrogens is 250 g/mol. The maximum absolute atomic E-state index is 5.76. The number of furan rings is 1. The Morgan fingerprint density at radius 2 is 1.95 bits per heavy atom. The molecule has 0 amide bonds. The lowest BCUT2D eigenvalue weighted by Crippen LogP contribution is -2.21. The third-order valence-electron chi connectivity index (χ3n) is 3.09. The molecule has 0 saturated carbocycles. The molecule has 0 aliphatic rings. The molecule has 3 heteroatoms. The molecule has 20 heavy (non-hydrogen) atoms. The van der Waals surface area contributed by atoms with Gasteiger partial charge in [0.25, 0.3) is 0 Å². The molecule has 2 rings (SSSR count). The number of hydrogen-bond acceptors (Lipinski definition) is 3. The van der Waals surface area contributed by atoms with Gasteiger partial charge in [0.05, 0.1) is 6.54 Å². The monoisotopic (exact) mass is 273 g/mol. The summed E-state index contributed by atoms with van der Waals surface area (Å²) < 4.78 is 11.5. The van der Waals surface area contributed by atoms with E-state index in [1.165, 1.54) is 5.56 Å². The summed E-state index contributed by atoms with van der Waals surface area (Å²) in [6, 6.07) is 12.6. The van der Waals surface area contributed by atoms with Gasteiger partial charge in [-0.15, -0.1) is 0 Å². The van der Waals surface area contributed by atoms with Crippen molar-refractivity contribution in [2.75, 3.05) is 0 Å². The normalized spacial score (nSPS) is 11.0. The second kappa shape index (κ2) is 7.15. The molecule has 0 spiro atoms. The van der Waals surface area contributed by atoms with E-state index in [2.05, 4.69) is 38.2 Å². The highest BCUT2D eigenvalue weighted by Crippen LogP contribution is 2.16. The molecule has 0 aliphatic carbocycles.